The molecule has 0 spiro atoms. The Balaban J connectivity index is 2.44. The lowest BCUT2D eigenvalue weighted by molar-refractivity contribution is -0.174. The molecule has 1 atom stereocenters. The molecule has 1 aliphatic carbocycles. The molecule has 0 saturated carbocycles. The molecule has 3 N–H and O–H groups in total. The third-order valence-electron chi connectivity index (χ3n) is 6.18. The Hall–Kier alpha value is -3.15. The molecule has 0 bridgehead atoms. The summed E-state index contributed by atoms with van der Waals surface area (Å²) >= 11 is 0. The molecule has 27 heavy (non-hydrogen) atoms. The van der Waals surface area contributed by atoms with Gasteiger partial charge in [0.2, 0.25) is 0 Å². The lowest BCUT2D eigenvalue weighted by Crippen LogP contribution is -2.60. The second-order valence-electron chi connectivity index (χ2n) is 7.54. The van der Waals surface area contributed by atoms with Crippen LogP contribution in [0.25, 0.3) is 0 Å². The standard InChI is InChI=1S/C21H20O6/c1-19(2)14-6-4-5-7-15(14)20(3,21(19,17(24)25)18(26)27)13-10-8-12(9-11-13)16(22)23/h4-11H,1-3H3,(H,22,23)(H,24,25)(H,26,27). The Bertz CT molecular complexity index is 943. The highest BCUT2D eigenvalue weighted by Gasteiger charge is 2.74. The van der Waals surface area contributed by atoms with E-state index in [0.717, 1.165) is 0 Å². The molecular formula is C21H20O6. The van der Waals surface area contributed by atoms with Crippen LogP contribution in [0.4, 0.5) is 0 Å². The van der Waals surface area contributed by atoms with Crippen molar-refractivity contribution in [2.75, 3.05) is 0 Å². The third kappa shape index (κ3) is 2.04. The van der Waals surface area contributed by atoms with Gasteiger partial charge >= 0.3 is 17.9 Å². The first-order valence-electron chi connectivity index (χ1n) is 8.43. The molecule has 6 nitrogen and oxygen atoms in total. The average molecular weight is 368 g/mol. The van der Waals surface area contributed by atoms with Crippen LogP contribution in [0.5, 0.6) is 0 Å². The summed E-state index contributed by atoms with van der Waals surface area (Å²) in [4.78, 5) is 36.2. The van der Waals surface area contributed by atoms with Crippen molar-refractivity contribution < 1.29 is 29.7 Å². The number of fused-ring (bicyclic) bond motifs is 1. The van der Waals surface area contributed by atoms with Crippen LogP contribution >= 0.6 is 0 Å². The number of rotatable bonds is 4. The van der Waals surface area contributed by atoms with Gasteiger partial charge in [-0.3, -0.25) is 9.59 Å². The molecule has 1 aliphatic rings. The van der Waals surface area contributed by atoms with Gasteiger partial charge in [0.15, 0.2) is 5.41 Å². The van der Waals surface area contributed by atoms with Gasteiger partial charge in [-0.25, -0.2) is 4.79 Å². The van der Waals surface area contributed by atoms with E-state index < -0.39 is 34.2 Å². The van der Waals surface area contributed by atoms with Crippen molar-refractivity contribution >= 4 is 17.9 Å². The molecule has 140 valence electrons. The molecule has 0 amide bonds. The lowest BCUT2D eigenvalue weighted by Gasteiger charge is -2.44. The van der Waals surface area contributed by atoms with E-state index in [2.05, 4.69) is 0 Å². The Morgan fingerprint density at radius 2 is 1.22 bits per heavy atom. The SMILES string of the molecule is CC1(C)c2ccccc2C(C)(c2ccc(C(=O)O)cc2)C1(C(=O)O)C(=O)O. The van der Waals surface area contributed by atoms with Crippen LogP contribution in [0.15, 0.2) is 48.5 Å². The summed E-state index contributed by atoms with van der Waals surface area (Å²) in [7, 11) is 0. The van der Waals surface area contributed by atoms with E-state index in [1.165, 1.54) is 24.3 Å². The number of carbonyl (C=O) groups is 3. The maximum absolute atomic E-state index is 12.5. The van der Waals surface area contributed by atoms with Crippen LogP contribution in [0.2, 0.25) is 0 Å². The summed E-state index contributed by atoms with van der Waals surface area (Å²) in [5, 5.41) is 29.6. The molecule has 2 aromatic carbocycles. The Morgan fingerprint density at radius 1 is 0.741 bits per heavy atom. The Labute approximate surface area is 156 Å². The molecule has 0 fully saturated rings. The normalized spacial score (nSPS) is 22.0. The fourth-order valence-corrected chi connectivity index (χ4v) is 4.87. The van der Waals surface area contributed by atoms with Crippen LogP contribution in [-0.2, 0) is 20.4 Å². The van der Waals surface area contributed by atoms with Gasteiger partial charge in [0.1, 0.15) is 0 Å². The summed E-state index contributed by atoms with van der Waals surface area (Å²) < 4.78 is 0. The van der Waals surface area contributed by atoms with Gasteiger partial charge in [-0.15, -0.1) is 0 Å². The first-order valence-corrected chi connectivity index (χ1v) is 8.43. The monoisotopic (exact) mass is 368 g/mol. The first kappa shape index (κ1) is 18.6. The summed E-state index contributed by atoms with van der Waals surface area (Å²) in [6.45, 7) is 4.87. The van der Waals surface area contributed by atoms with Gasteiger partial charge in [0, 0.05) is 10.8 Å². The van der Waals surface area contributed by atoms with Gasteiger partial charge in [0.05, 0.1) is 5.56 Å². The molecule has 3 rings (SSSR count). The number of aliphatic carboxylic acids is 2. The fraction of sp³-hybridized carbons (Fsp3) is 0.286. The van der Waals surface area contributed by atoms with E-state index in [1.807, 2.05) is 0 Å². The highest BCUT2D eigenvalue weighted by Crippen LogP contribution is 2.64. The lowest BCUT2D eigenvalue weighted by atomic mass is 9.54. The van der Waals surface area contributed by atoms with Crippen LogP contribution in [0.1, 0.15) is 47.8 Å². The first-order chi connectivity index (χ1) is 12.5. The van der Waals surface area contributed by atoms with Crippen molar-refractivity contribution in [3.05, 3.63) is 70.8 Å². The van der Waals surface area contributed by atoms with Gasteiger partial charge in [-0.05, 0) is 35.7 Å². The van der Waals surface area contributed by atoms with E-state index in [1.54, 1.807) is 45.0 Å². The number of carboxylic acids is 3. The molecule has 0 saturated heterocycles. The van der Waals surface area contributed by atoms with E-state index in [-0.39, 0.29) is 5.56 Å². The minimum absolute atomic E-state index is 0.0455. The van der Waals surface area contributed by atoms with Gasteiger partial charge in [-0.2, -0.15) is 0 Å². The zero-order chi connectivity index (χ0) is 20.2. The van der Waals surface area contributed by atoms with Crippen molar-refractivity contribution in [1.82, 2.24) is 0 Å². The van der Waals surface area contributed by atoms with Crippen LogP contribution in [0.3, 0.4) is 0 Å². The maximum Gasteiger partial charge on any atom is 0.335 e. The minimum Gasteiger partial charge on any atom is -0.480 e. The Morgan fingerprint density at radius 3 is 1.67 bits per heavy atom. The summed E-state index contributed by atoms with van der Waals surface area (Å²) in [5.74, 6) is -3.97. The third-order valence-corrected chi connectivity index (χ3v) is 6.18. The van der Waals surface area contributed by atoms with Crippen LogP contribution < -0.4 is 0 Å². The second-order valence-corrected chi connectivity index (χ2v) is 7.54. The van der Waals surface area contributed by atoms with Crippen molar-refractivity contribution in [2.45, 2.75) is 31.6 Å². The highest BCUT2D eigenvalue weighted by molar-refractivity contribution is 6.05. The van der Waals surface area contributed by atoms with E-state index in [4.69, 9.17) is 5.11 Å². The molecule has 1 unspecified atom stereocenters. The van der Waals surface area contributed by atoms with Crippen LogP contribution in [0, 0.1) is 5.41 Å². The predicted molar refractivity (Wildman–Crippen MR) is 97.0 cm³/mol. The van der Waals surface area contributed by atoms with Crippen molar-refractivity contribution in [3.63, 3.8) is 0 Å². The smallest absolute Gasteiger partial charge is 0.335 e. The number of aromatic carboxylic acids is 1. The zero-order valence-electron chi connectivity index (χ0n) is 15.2. The van der Waals surface area contributed by atoms with Gasteiger partial charge < -0.3 is 15.3 Å². The molecule has 0 aliphatic heterocycles. The van der Waals surface area contributed by atoms with E-state index in [9.17, 15) is 24.6 Å². The fourth-order valence-electron chi connectivity index (χ4n) is 4.87. The van der Waals surface area contributed by atoms with Crippen molar-refractivity contribution in [3.8, 4) is 0 Å². The van der Waals surface area contributed by atoms with Crippen molar-refractivity contribution in [2.24, 2.45) is 5.41 Å². The average Bonchev–Trinajstić information content (AvgIpc) is 2.77. The molecule has 0 aromatic heterocycles. The summed E-state index contributed by atoms with van der Waals surface area (Å²) in [5.41, 5.74) is -3.03. The molecule has 0 radical (unpaired) electrons. The number of hydrogen-bond acceptors (Lipinski definition) is 3. The Kier molecular flexibility index (Phi) is 3.92. The molecule has 6 heteroatoms. The zero-order valence-corrected chi connectivity index (χ0v) is 15.2. The van der Waals surface area contributed by atoms with Crippen LogP contribution in [-0.4, -0.2) is 33.2 Å². The van der Waals surface area contributed by atoms with E-state index in [0.29, 0.717) is 16.7 Å². The van der Waals surface area contributed by atoms with Gasteiger partial charge in [-0.1, -0.05) is 50.2 Å². The molecule has 0 heterocycles. The summed E-state index contributed by atoms with van der Waals surface area (Å²) in [6, 6.07) is 12.7. The number of carboxylic acid groups (broad SMARTS) is 3. The second kappa shape index (κ2) is 5.67. The predicted octanol–water partition coefficient (Wildman–Crippen LogP) is 3.14. The highest BCUT2D eigenvalue weighted by atomic mass is 16.4. The summed E-state index contributed by atoms with van der Waals surface area (Å²) in [6.07, 6.45) is 0. The maximum atomic E-state index is 12.5. The number of benzene rings is 2. The topological polar surface area (TPSA) is 112 Å². The van der Waals surface area contributed by atoms with E-state index >= 15 is 0 Å². The number of hydrogen-bond donors (Lipinski definition) is 3. The quantitative estimate of drug-likeness (QED) is 0.715. The molecule has 2 aromatic rings. The minimum atomic E-state index is -2.17. The van der Waals surface area contributed by atoms with Gasteiger partial charge in [0.25, 0.3) is 0 Å². The largest absolute Gasteiger partial charge is 0.480 e. The molecular weight excluding hydrogens is 348 g/mol. The van der Waals surface area contributed by atoms with Crippen molar-refractivity contribution in [1.29, 1.82) is 0 Å².